The Morgan fingerprint density at radius 2 is 1.83 bits per heavy atom. The number of hydrogen-bond donors (Lipinski definition) is 1. The average molecular weight is 530 g/mol. The summed E-state index contributed by atoms with van der Waals surface area (Å²) < 4.78 is 11.1. The van der Waals surface area contributed by atoms with E-state index in [0.29, 0.717) is 6.10 Å². The third-order valence-electron chi connectivity index (χ3n) is 6.40. The van der Waals surface area contributed by atoms with Crippen LogP contribution in [0.15, 0.2) is 35.3 Å². The monoisotopic (exact) mass is 529 g/mol. The fourth-order valence-corrected chi connectivity index (χ4v) is 4.72. The van der Waals surface area contributed by atoms with Crippen LogP contribution in [0.3, 0.4) is 0 Å². The molecule has 0 radical (unpaired) electrons. The predicted molar refractivity (Wildman–Crippen MR) is 135 cm³/mol. The van der Waals surface area contributed by atoms with E-state index in [1.807, 2.05) is 0 Å². The number of methoxy groups -OCH3 is 1. The Kier molecular flexibility index (Phi) is 11.5. The van der Waals surface area contributed by atoms with Crippen molar-refractivity contribution in [3.05, 3.63) is 35.9 Å². The largest absolute Gasteiger partial charge is 0.385 e. The second kappa shape index (κ2) is 13.5. The molecule has 1 aliphatic carbocycles. The molecule has 0 bridgehead atoms. The van der Waals surface area contributed by atoms with E-state index in [9.17, 15) is 0 Å². The third kappa shape index (κ3) is 7.09. The lowest BCUT2D eigenvalue weighted by Gasteiger charge is -2.35. The summed E-state index contributed by atoms with van der Waals surface area (Å²) in [4.78, 5) is 7.58. The van der Waals surface area contributed by atoms with E-state index in [2.05, 4.69) is 47.5 Å². The van der Waals surface area contributed by atoms with Crippen LogP contribution in [0.5, 0.6) is 0 Å². The van der Waals surface area contributed by atoms with E-state index < -0.39 is 0 Å². The first-order valence-corrected chi connectivity index (χ1v) is 11.5. The topological polar surface area (TPSA) is 46.1 Å². The SMILES string of the molecule is CCNC(=NCC1(c2ccccc2)CCCC1)N1CCC(OCCCOC)CC1.I. The number of ether oxygens (including phenoxy) is 2. The zero-order chi connectivity index (χ0) is 20.4. The van der Waals surface area contributed by atoms with Gasteiger partial charge < -0.3 is 19.7 Å². The second-order valence-corrected chi connectivity index (χ2v) is 8.43. The van der Waals surface area contributed by atoms with Crippen molar-refractivity contribution in [3.8, 4) is 0 Å². The Balaban J connectivity index is 0.00000320. The number of benzene rings is 1. The Hall–Kier alpha value is -0.860. The van der Waals surface area contributed by atoms with Crippen LogP contribution in [-0.2, 0) is 14.9 Å². The van der Waals surface area contributed by atoms with E-state index >= 15 is 0 Å². The van der Waals surface area contributed by atoms with E-state index in [0.717, 1.165) is 64.6 Å². The van der Waals surface area contributed by atoms with Gasteiger partial charge in [0.25, 0.3) is 0 Å². The molecule has 170 valence electrons. The van der Waals surface area contributed by atoms with Crippen LogP contribution in [0.2, 0.25) is 0 Å². The highest BCUT2D eigenvalue weighted by Crippen LogP contribution is 2.41. The summed E-state index contributed by atoms with van der Waals surface area (Å²) in [6.45, 7) is 7.55. The Morgan fingerprint density at radius 1 is 1.13 bits per heavy atom. The first-order chi connectivity index (χ1) is 14.3. The van der Waals surface area contributed by atoms with E-state index in [1.165, 1.54) is 31.2 Å². The molecule has 1 saturated heterocycles. The summed E-state index contributed by atoms with van der Waals surface area (Å²) in [6, 6.07) is 11.0. The molecule has 0 atom stereocenters. The summed E-state index contributed by atoms with van der Waals surface area (Å²) in [5, 5.41) is 3.54. The zero-order valence-electron chi connectivity index (χ0n) is 18.8. The highest BCUT2D eigenvalue weighted by Gasteiger charge is 2.35. The number of nitrogens with one attached hydrogen (secondary N) is 1. The molecule has 3 rings (SSSR count). The van der Waals surface area contributed by atoms with Crippen LogP contribution in [0.1, 0.15) is 57.4 Å². The molecule has 1 N–H and O–H groups in total. The lowest BCUT2D eigenvalue weighted by molar-refractivity contribution is 0.00989. The van der Waals surface area contributed by atoms with Crippen LogP contribution >= 0.6 is 24.0 Å². The van der Waals surface area contributed by atoms with Crippen molar-refractivity contribution in [2.45, 2.75) is 63.4 Å². The lowest BCUT2D eigenvalue weighted by atomic mass is 9.79. The summed E-state index contributed by atoms with van der Waals surface area (Å²) in [5.41, 5.74) is 1.67. The minimum Gasteiger partial charge on any atom is -0.385 e. The molecule has 1 saturated carbocycles. The van der Waals surface area contributed by atoms with Gasteiger partial charge >= 0.3 is 0 Å². The van der Waals surface area contributed by atoms with Gasteiger partial charge in [-0.3, -0.25) is 4.99 Å². The van der Waals surface area contributed by atoms with E-state index in [4.69, 9.17) is 14.5 Å². The van der Waals surface area contributed by atoms with Gasteiger partial charge in [-0.1, -0.05) is 43.2 Å². The van der Waals surface area contributed by atoms with Crippen molar-refractivity contribution in [3.63, 3.8) is 0 Å². The van der Waals surface area contributed by atoms with Gasteiger partial charge in [-0.15, -0.1) is 24.0 Å². The van der Waals surface area contributed by atoms with Crippen molar-refractivity contribution in [2.75, 3.05) is 46.5 Å². The molecule has 0 amide bonds. The van der Waals surface area contributed by atoms with Crippen LogP contribution < -0.4 is 5.32 Å². The van der Waals surface area contributed by atoms with E-state index in [-0.39, 0.29) is 29.4 Å². The molecule has 0 unspecified atom stereocenters. The normalized spacial score (nSPS) is 19.5. The number of likely N-dealkylation sites (tertiary alicyclic amines) is 1. The third-order valence-corrected chi connectivity index (χ3v) is 6.40. The van der Waals surface area contributed by atoms with Crippen LogP contribution in [0, 0.1) is 0 Å². The minimum atomic E-state index is 0. The molecule has 2 aliphatic rings. The zero-order valence-corrected chi connectivity index (χ0v) is 21.1. The molecule has 6 heteroatoms. The standard InChI is InChI=1S/C24H39N3O2.HI/c1-3-25-23(27-16-12-22(13-17-27)29-19-9-18-28-2)26-20-24(14-7-8-15-24)21-10-5-4-6-11-21;/h4-6,10-11,22H,3,7-9,12-20H2,1-2H3,(H,25,26);1H. The van der Waals surface area contributed by atoms with Gasteiger partial charge in [0.05, 0.1) is 12.6 Å². The van der Waals surface area contributed by atoms with Gasteiger partial charge in [0.15, 0.2) is 5.96 Å². The molecule has 1 aromatic rings. The Bertz CT molecular complexity index is 612. The smallest absolute Gasteiger partial charge is 0.193 e. The molecular formula is C24H40IN3O2. The van der Waals surface area contributed by atoms with E-state index in [1.54, 1.807) is 7.11 Å². The highest BCUT2D eigenvalue weighted by atomic mass is 127. The first kappa shape index (κ1) is 25.4. The number of halogens is 1. The van der Waals surface area contributed by atoms with Gasteiger partial charge in [-0.2, -0.15) is 0 Å². The van der Waals surface area contributed by atoms with Gasteiger partial charge in [-0.25, -0.2) is 0 Å². The minimum absolute atomic E-state index is 0. The highest BCUT2D eigenvalue weighted by molar-refractivity contribution is 14.0. The number of guanidine groups is 1. The predicted octanol–water partition coefficient (Wildman–Crippen LogP) is 4.60. The Morgan fingerprint density at radius 3 is 2.47 bits per heavy atom. The fourth-order valence-electron chi connectivity index (χ4n) is 4.72. The maximum absolute atomic E-state index is 6.02. The molecule has 1 heterocycles. The molecular weight excluding hydrogens is 489 g/mol. The Labute approximate surface area is 200 Å². The number of nitrogens with zero attached hydrogens (tertiary/aromatic N) is 2. The maximum Gasteiger partial charge on any atom is 0.193 e. The summed E-state index contributed by atoms with van der Waals surface area (Å²) >= 11 is 0. The molecule has 5 nitrogen and oxygen atoms in total. The molecule has 1 aromatic carbocycles. The summed E-state index contributed by atoms with van der Waals surface area (Å²) in [6.07, 6.45) is 8.61. The first-order valence-electron chi connectivity index (χ1n) is 11.5. The second-order valence-electron chi connectivity index (χ2n) is 8.43. The van der Waals surface area contributed by atoms with Crippen molar-refractivity contribution in [2.24, 2.45) is 4.99 Å². The van der Waals surface area contributed by atoms with Crippen LogP contribution in [0.4, 0.5) is 0 Å². The van der Waals surface area contributed by atoms with Gasteiger partial charge in [-0.05, 0) is 44.6 Å². The molecule has 0 aromatic heterocycles. The molecule has 0 spiro atoms. The quantitative estimate of drug-likeness (QED) is 0.220. The summed E-state index contributed by atoms with van der Waals surface area (Å²) in [5.74, 6) is 1.08. The molecule has 2 fully saturated rings. The van der Waals surface area contributed by atoms with Crippen LogP contribution in [0.25, 0.3) is 0 Å². The number of hydrogen-bond acceptors (Lipinski definition) is 3. The average Bonchev–Trinajstić information content (AvgIpc) is 3.26. The van der Waals surface area contributed by atoms with Gasteiger partial charge in [0.1, 0.15) is 0 Å². The van der Waals surface area contributed by atoms with Crippen molar-refractivity contribution in [1.29, 1.82) is 0 Å². The maximum atomic E-state index is 6.02. The number of piperidine rings is 1. The lowest BCUT2D eigenvalue weighted by Crippen LogP contribution is -2.47. The number of rotatable bonds is 9. The van der Waals surface area contributed by atoms with Gasteiger partial charge in [0, 0.05) is 45.4 Å². The summed E-state index contributed by atoms with van der Waals surface area (Å²) in [7, 11) is 1.74. The number of aliphatic imine (C=N–C) groups is 1. The molecule has 1 aliphatic heterocycles. The van der Waals surface area contributed by atoms with Crippen molar-refractivity contribution < 1.29 is 9.47 Å². The van der Waals surface area contributed by atoms with Gasteiger partial charge in [0.2, 0.25) is 0 Å². The van der Waals surface area contributed by atoms with Crippen LogP contribution in [-0.4, -0.2) is 63.5 Å². The van der Waals surface area contributed by atoms with Crippen molar-refractivity contribution >= 4 is 29.9 Å². The van der Waals surface area contributed by atoms with Crippen molar-refractivity contribution in [1.82, 2.24) is 10.2 Å². The molecule has 30 heavy (non-hydrogen) atoms. The fraction of sp³-hybridized carbons (Fsp3) is 0.708.